The van der Waals surface area contributed by atoms with Crippen molar-refractivity contribution in [1.82, 2.24) is 15.5 Å². The molecule has 1 aliphatic heterocycles. The molecule has 1 saturated heterocycles. The minimum atomic E-state index is -0.213. The van der Waals surface area contributed by atoms with Crippen molar-refractivity contribution < 1.29 is 14.3 Å². The molecule has 0 spiro atoms. The van der Waals surface area contributed by atoms with Gasteiger partial charge in [0.05, 0.1) is 13.2 Å². The average molecular weight is 271 g/mol. The van der Waals surface area contributed by atoms with Crippen LogP contribution in [0.5, 0.6) is 0 Å². The molecule has 0 radical (unpaired) electrons. The van der Waals surface area contributed by atoms with Crippen LogP contribution in [0.3, 0.4) is 0 Å². The zero-order valence-corrected chi connectivity index (χ0v) is 11.9. The number of amides is 2. The number of nitrogens with one attached hydrogen (secondary N) is 2. The van der Waals surface area contributed by atoms with Crippen molar-refractivity contribution in [3.05, 3.63) is 0 Å². The number of morpholine rings is 1. The van der Waals surface area contributed by atoms with Gasteiger partial charge < -0.3 is 15.4 Å². The van der Waals surface area contributed by atoms with Gasteiger partial charge in [-0.25, -0.2) is 0 Å². The van der Waals surface area contributed by atoms with Crippen LogP contribution in [0.2, 0.25) is 0 Å². The van der Waals surface area contributed by atoms with Gasteiger partial charge in [0.15, 0.2) is 0 Å². The van der Waals surface area contributed by atoms with Gasteiger partial charge in [-0.3, -0.25) is 14.5 Å². The van der Waals surface area contributed by atoms with Crippen LogP contribution in [0.4, 0.5) is 0 Å². The number of hydrogen-bond donors (Lipinski definition) is 2. The van der Waals surface area contributed by atoms with Crippen molar-refractivity contribution in [3.8, 4) is 0 Å². The van der Waals surface area contributed by atoms with Crippen LogP contribution in [0.25, 0.3) is 0 Å². The molecule has 0 bridgehead atoms. The third-order valence-corrected chi connectivity index (χ3v) is 2.88. The highest BCUT2D eigenvalue weighted by Gasteiger charge is 2.12. The smallest absolute Gasteiger partial charge is 0.229 e. The Morgan fingerprint density at radius 1 is 1.16 bits per heavy atom. The lowest BCUT2D eigenvalue weighted by Gasteiger charge is -2.26. The Hall–Kier alpha value is -1.14. The summed E-state index contributed by atoms with van der Waals surface area (Å²) in [7, 11) is 0. The fraction of sp³-hybridized carbons (Fsp3) is 0.846. The minimum absolute atomic E-state index is 0.0875. The topological polar surface area (TPSA) is 70.7 Å². The Morgan fingerprint density at radius 3 is 2.42 bits per heavy atom. The number of ether oxygens (including phenoxy) is 1. The normalized spacial score (nSPS) is 16.4. The van der Waals surface area contributed by atoms with Crippen molar-refractivity contribution in [1.29, 1.82) is 0 Å². The van der Waals surface area contributed by atoms with Gasteiger partial charge in [-0.1, -0.05) is 13.8 Å². The van der Waals surface area contributed by atoms with E-state index in [1.54, 1.807) is 0 Å². The molecule has 0 aliphatic carbocycles. The van der Waals surface area contributed by atoms with E-state index in [2.05, 4.69) is 15.5 Å². The summed E-state index contributed by atoms with van der Waals surface area (Å²) in [6.07, 6.45) is -0.0875. The van der Waals surface area contributed by atoms with E-state index in [1.807, 2.05) is 13.8 Å². The summed E-state index contributed by atoms with van der Waals surface area (Å²) in [5.41, 5.74) is 0. The predicted molar refractivity (Wildman–Crippen MR) is 72.7 cm³/mol. The van der Waals surface area contributed by atoms with Crippen LogP contribution in [-0.4, -0.2) is 62.7 Å². The fourth-order valence-corrected chi connectivity index (χ4v) is 1.77. The van der Waals surface area contributed by atoms with Crippen molar-refractivity contribution in [2.24, 2.45) is 5.92 Å². The highest BCUT2D eigenvalue weighted by molar-refractivity contribution is 5.96. The number of nitrogens with zero attached hydrogens (tertiary/aromatic N) is 1. The number of carbonyl (C=O) groups excluding carboxylic acids is 2. The second-order valence-corrected chi connectivity index (χ2v) is 5.18. The molecule has 0 saturated carbocycles. The van der Waals surface area contributed by atoms with Gasteiger partial charge in [-0.05, 0) is 5.92 Å². The van der Waals surface area contributed by atoms with E-state index in [9.17, 15) is 9.59 Å². The maximum Gasteiger partial charge on any atom is 0.229 e. The first-order valence-electron chi connectivity index (χ1n) is 6.91. The van der Waals surface area contributed by atoms with Crippen LogP contribution in [-0.2, 0) is 14.3 Å². The number of hydrogen-bond acceptors (Lipinski definition) is 4. The first-order chi connectivity index (χ1) is 9.08. The summed E-state index contributed by atoms with van der Waals surface area (Å²) < 4.78 is 5.24. The predicted octanol–water partition coefficient (Wildman–Crippen LogP) is -0.403. The molecule has 1 aliphatic rings. The molecule has 110 valence electrons. The first kappa shape index (κ1) is 15.9. The van der Waals surface area contributed by atoms with Crippen LogP contribution >= 0.6 is 0 Å². The molecular weight excluding hydrogens is 246 g/mol. The lowest BCUT2D eigenvalue weighted by molar-refractivity contribution is -0.129. The zero-order chi connectivity index (χ0) is 14.1. The molecule has 19 heavy (non-hydrogen) atoms. The van der Waals surface area contributed by atoms with Crippen molar-refractivity contribution in [2.75, 3.05) is 45.9 Å². The lowest BCUT2D eigenvalue weighted by atomic mass is 10.2. The van der Waals surface area contributed by atoms with Gasteiger partial charge in [-0.15, -0.1) is 0 Å². The third kappa shape index (κ3) is 7.79. The highest BCUT2D eigenvalue weighted by Crippen LogP contribution is 1.95. The molecule has 1 fully saturated rings. The lowest BCUT2D eigenvalue weighted by Crippen LogP contribution is -2.42. The number of carbonyl (C=O) groups is 2. The van der Waals surface area contributed by atoms with Gasteiger partial charge in [-0.2, -0.15) is 0 Å². The van der Waals surface area contributed by atoms with E-state index in [1.165, 1.54) is 0 Å². The summed E-state index contributed by atoms with van der Waals surface area (Å²) >= 11 is 0. The largest absolute Gasteiger partial charge is 0.379 e. The molecule has 0 atom stereocenters. The second kappa shape index (κ2) is 8.87. The Bertz CT molecular complexity index is 289. The summed E-state index contributed by atoms with van der Waals surface area (Å²) in [4.78, 5) is 25.2. The summed E-state index contributed by atoms with van der Waals surface area (Å²) in [6, 6.07) is 0. The Morgan fingerprint density at radius 2 is 1.79 bits per heavy atom. The molecule has 1 rings (SSSR count). The van der Waals surface area contributed by atoms with Crippen molar-refractivity contribution in [3.63, 3.8) is 0 Å². The Balaban J connectivity index is 2.05. The van der Waals surface area contributed by atoms with E-state index in [0.29, 0.717) is 19.0 Å². The minimum Gasteiger partial charge on any atom is -0.379 e. The van der Waals surface area contributed by atoms with Crippen molar-refractivity contribution >= 4 is 11.8 Å². The average Bonchev–Trinajstić information content (AvgIpc) is 2.37. The monoisotopic (exact) mass is 271 g/mol. The summed E-state index contributed by atoms with van der Waals surface area (Å²) in [5, 5.41) is 5.49. The summed E-state index contributed by atoms with van der Waals surface area (Å²) in [5.74, 6) is -0.0274. The van der Waals surface area contributed by atoms with Gasteiger partial charge >= 0.3 is 0 Å². The maximum atomic E-state index is 11.5. The molecule has 0 unspecified atom stereocenters. The van der Waals surface area contributed by atoms with E-state index in [0.717, 1.165) is 32.8 Å². The molecule has 6 heteroatoms. The molecule has 2 amide bonds. The maximum absolute atomic E-state index is 11.5. The van der Waals surface area contributed by atoms with Gasteiger partial charge in [0.2, 0.25) is 11.8 Å². The quantitative estimate of drug-likeness (QED) is 0.618. The molecule has 1 heterocycles. The molecule has 0 aromatic rings. The van der Waals surface area contributed by atoms with Crippen molar-refractivity contribution in [2.45, 2.75) is 20.3 Å². The summed E-state index contributed by atoms with van der Waals surface area (Å²) in [6.45, 7) is 9.36. The Kier molecular flexibility index (Phi) is 7.43. The fourth-order valence-electron chi connectivity index (χ4n) is 1.77. The molecular formula is C13H25N3O3. The van der Waals surface area contributed by atoms with E-state index in [4.69, 9.17) is 4.74 Å². The highest BCUT2D eigenvalue weighted by atomic mass is 16.5. The molecule has 6 nitrogen and oxygen atoms in total. The first-order valence-corrected chi connectivity index (χ1v) is 6.91. The van der Waals surface area contributed by atoms with Crippen LogP contribution < -0.4 is 10.6 Å². The van der Waals surface area contributed by atoms with E-state index >= 15 is 0 Å². The third-order valence-electron chi connectivity index (χ3n) is 2.88. The van der Waals surface area contributed by atoms with Gasteiger partial charge in [0.1, 0.15) is 6.42 Å². The molecule has 0 aromatic heterocycles. The standard InChI is InChI=1S/C13H25N3O3/c1-11(2)10-15-13(18)9-12(17)14-3-4-16-5-7-19-8-6-16/h11H,3-10H2,1-2H3,(H,14,17)(H,15,18). The van der Waals surface area contributed by atoms with Crippen LogP contribution in [0.1, 0.15) is 20.3 Å². The van der Waals surface area contributed by atoms with Gasteiger partial charge in [0, 0.05) is 32.7 Å². The zero-order valence-electron chi connectivity index (χ0n) is 11.9. The van der Waals surface area contributed by atoms with Gasteiger partial charge in [0.25, 0.3) is 0 Å². The molecule has 2 N–H and O–H groups in total. The molecule has 0 aromatic carbocycles. The van der Waals surface area contributed by atoms with E-state index in [-0.39, 0.29) is 18.2 Å². The van der Waals surface area contributed by atoms with Crippen LogP contribution in [0.15, 0.2) is 0 Å². The second-order valence-electron chi connectivity index (χ2n) is 5.18. The van der Waals surface area contributed by atoms with E-state index < -0.39 is 0 Å². The SMILES string of the molecule is CC(C)CNC(=O)CC(=O)NCCN1CCOCC1. The number of rotatable bonds is 7. The Labute approximate surface area is 114 Å². The van der Waals surface area contributed by atoms with Crippen LogP contribution in [0, 0.1) is 5.92 Å².